The van der Waals surface area contributed by atoms with E-state index in [1.165, 1.54) is 5.56 Å². The van der Waals surface area contributed by atoms with Crippen molar-refractivity contribution in [2.75, 3.05) is 19.8 Å². The number of ether oxygens (including phenoxy) is 2. The normalized spacial score (nSPS) is 9.90. The molecule has 0 aliphatic rings. The fraction of sp³-hybridized carbons (Fsp3) is 0.467. The van der Waals surface area contributed by atoms with Crippen molar-refractivity contribution >= 4 is 11.9 Å². The molecule has 5 heteroatoms. The molecule has 0 radical (unpaired) electrons. The Labute approximate surface area is 119 Å². The van der Waals surface area contributed by atoms with Gasteiger partial charge >= 0.3 is 5.97 Å². The van der Waals surface area contributed by atoms with Crippen LogP contribution in [0.4, 0.5) is 0 Å². The largest absolute Gasteiger partial charge is 0.493 e. The van der Waals surface area contributed by atoms with E-state index in [2.05, 4.69) is 12.2 Å². The molecule has 110 valence electrons. The second-order valence-electron chi connectivity index (χ2n) is 4.18. The number of amides is 1. The number of hydrogen-bond acceptors (Lipinski definition) is 4. The van der Waals surface area contributed by atoms with E-state index in [-0.39, 0.29) is 25.5 Å². The Kier molecular flexibility index (Phi) is 7.17. The van der Waals surface area contributed by atoms with E-state index in [9.17, 15) is 9.59 Å². The Morgan fingerprint density at radius 2 is 1.85 bits per heavy atom. The molecular weight excluding hydrogens is 258 g/mol. The van der Waals surface area contributed by atoms with Gasteiger partial charge in [-0.05, 0) is 31.0 Å². The summed E-state index contributed by atoms with van der Waals surface area (Å²) < 4.78 is 10.2. The van der Waals surface area contributed by atoms with Gasteiger partial charge in [0.2, 0.25) is 5.91 Å². The van der Waals surface area contributed by atoms with Crippen LogP contribution >= 0.6 is 0 Å². The van der Waals surface area contributed by atoms with Crippen molar-refractivity contribution in [3.8, 4) is 5.75 Å². The number of esters is 1. The van der Waals surface area contributed by atoms with Crippen LogP contribution < -0.4 is 10.1 Å². The third kappa shape index (κ3) is 6.22. The van der Waals surface area contributed by atoms with Gasteiger partial charge in [-0.25, -0.2) is 0 Å². The molecule has 1 aromatic carbocycles. The quantitative estimate of drug-likeness (QED) is 0.736. The van der Waals surface area contributed by atoms with Gasteiger partial charge in [-0.2, -0.15) is 0 Å². The van der Waals surface area contributed by atoms with Crippen LogP contribution in [-0.4, -0.2) is 31.6 Å². The fourth-order valence-corrected chi connectivity index (χ4v) is 1.55. The van der Waals surface area contributed by atoms with Crippen LogP contribution in [0, 0.1) is 0 Å². The molecule has 0 aliphatic heterocycles. The Bertz CT molecular complexity index is 428. The molecule has 1 aromatic rings. The lowest BCUT2D eigenvalue weighted by Gasteiger charge is -2.07. The van der Waals surface area contributed by atoms with E-state index in [0.29, 0.717) is 6.61 Å². The van der Waals surface area contributed by atoms with Crippen molar-refractivity contribution in [1.29, 1.82) is 0 Å². The number of carbonyl (C=O) groups excluding carboxylic acids is 2. The highest BCUT2D eigenvalue weighted by Gasteiger charge is 2.06. The lowest BCUT2D eigenvalue weighted by Crippen LogP contribution is -2.31. The summed E-state index contributed by atoms with van der Waals surface area (Å²) in [5.74, 6) is 0.0700. The van der Waals surface area contributed by atoms with E-state index in [4.69, 9.17) is 9.47 Å². The average molecular weight is 279 g/mol. The summed E-state index contributed by atoms with van der Waals surface area (Å²) in [6.07, 6.45) is 1.19. The smallest absolute Gasteiger partial charge is 0.325 e. The lowest BCUT2D eigenvalue weighted by atomic mass is 10.2. The first-order valence-electron chi connectivity index (χ1n) is 6.79. The molecule has 0 bridgehead atoms. The Morgan fingerprint density at radius 3 is 2.45 bits per heavy atom. The van der Waals surface area contributed by atoms with Gasteiger partial charge in [0.15, 0.2) is 0 Å². The van der Waals surface area contributed by atoms with Gasteiger partial charge in [-0.1, -0.05) is 19.1 Å². The summed E-state index contributed by atoms with van der Waals surface area (Å²) in [6, 6.07) is 7.76. The Morgan fingerprint density at radius 1 is 1.15 bits per heavy atom. The van der Waals surface area contributed by atoms with Gasteiger partial charge in [-0.15, -0.1) is 0 Å². The SMILES string of the molecule is CCOC(=O)CNC(=O)CCOc1ccc(CC)cc1. The second-order valence-corrected chi connectivity index (χ2v) is 4.18. The van der Waals surface area contributed by atoms with Gasteiger partial charge < -0.3 is 14.8 Å². The molecule has 0 unspecified atom stereocenters. The van der Waals surface area contributed by atoms with E-state index >= 15 is 0 Å². The monoisotopic (exact) mass is 279 g/mol. The maximum atomic E-state index is 11.4. The zero-order valence-electron chi connectivity index (χ0n) is 12.0. The van der Waals surface area contributed by atoms with E-state index in [0.717, 1.165) is 12.2 Å². The van der Waals surface area contributed by atoms with E-state index in [1.54, 1.807) is 6.92 Å². The van der Waals surface area contributed by atoms with Crippen molar-refractivity contribution in [3.63, 3.8) is 0 Å². The summed E-state index contributed by atoms with van der Waals surface area (Å²) in [5, 5.41) is 2.48. The van der Waals surface area contributed by atoms with E-state index < -0.39 is 5.97 Å². The molecule has 0 fully saturated rings. The highest BCUT2D eigenvalue weighted by molar-refractivity contribution is 5.81. The number of benzene rings is 1. The van der Waals surface area contributed by atoms with Crippen LogP contribution in [0.3, 0.4) is 0 Å². The predicted molar refractivity (Wildman–Crippen MR) is 75.6 cm³/mol. The van der Waals surface area contributed by atoms with Gasteiger partial charge in [0.05, 0.1) is 19.6 Å². The first-order chi connectivity index (χ1) is 9.65. The summed E-state index contributed by atoms with van der Waals surface area (Å²) >= 11 is 0. The molecule has 0 atom stereocenters. The van der Waals surface area contributed by atoms with Gasteiger partial charge in [0.1, 0.15) is 12.3 Å². The number of carbonyl (C=O) groups is 2. The highest BCUT2D eigenvalue weighted by Crippen LogP contribution is 2.12. The van der Waals surface area contributed by atoms with Gasteiger partial charge in [0.25, 0.3) is 0 Å². The van der Waals surface area contributed by atoms with Crippen LogP contribution in [0.2, 0.25) is 0 Å². The lowest BCUT2D eigenvalue weighted by molar-refractivity contribution is -0.143. The van der Waals surface area contributed by atoms with Crippen LogP contribution in [-0.2, 0) is 20.7 Å². The van der Waals surface area contributed by atoms with Crippen LogP contribution in [0.5, 0.6) is 5.75 Å². The van der Waals surface area contributed by atoms with Crippen molar-refractivity contribution in [2.45, 2.75) is 26.7 Å². The Hall–Kier alpha value is -2.04. The average Bonchev–Trinajstić information content (AvgIpc) is 2.46. The summed E-state index contributed by atoms with van der Waals surface area (Å²) in [7, 11) is 0. The molecule has 0 saturated carbocycles. The summed E-state index contributed by atoms with van der Waals surface area (Å²) in [6.45, 7) is 4.30. The fourth-order valence-electron chi connectivity index (χ4n) is 1.55. The molecule has 0 aromatic heterocycles. The zero-order chi connectivity index (χ0) is 14.8. The molecule has 0 saturated heterocycles. The second kappa shape index (κ2) is 8.96. The molecule has 0 aliphatic carbocycles. The molecule has 0 heterocycles. The summed E-state index contributed by atoms with van der Waals surface area (Å²) in [5.41, 5.74) is 1.24. The van der Waals surface area contributed by atoms with Gasteiger partial charge in [0, 0.05) is 0 Å². The predicted octanol–water partition coefficient (Wildman–Crippen LogP) is 1.70. The first-order valence-corrected chi connectivity index (χ1v) is 6.79. The van der Waals surface area contributed by atoms with Crippen molar-refractivity contribution in [3.05, 3.63) is 29.8 Å². The van der Waals surface area contributed by atoms with E-state index in [1.807, 2.05) is 24.3 Å². The number of rotatable bonds is 8. The van der Waals surface area contributed by atoms with Gasteiger partial charge in [-0.3, -0.25) is 9.59 Å². The third-order valence-corrected chi connectivity index (χ3v) is 2.66. The maximum absolute atomic E-state index is 11.4. The standard InChI is InChI=1S/C15H21NO4/c1-3-12-5-7-13(8-6-12)20-10-9-14(17)16-11-15(18)19-4-2/h5-8H,3-4,9-11H2,1-2H3,(H,16,17). The molecular formula is C15H21NO4. The van der Waals surface area contributed by atoms with Crippen molar-refractivity contribution in [1.82, 2.24) is 5.32 Å². The highest BCUT2D eigenvalue weighted by atomic mass is 16.5. The Balaban J connectivity index is 2.19. The molecule has 0 spiro atoms. The maximum Gasteiger partial charge on any atom is 0.325 e. The first kappa shape index (κ1) is 16.0. The minimum atomic E-state index is -0.433. The zero-order valence-corrected chi connectivity index (χ0v) is 12.0. The molecule has 1 N–H and O–H groups in total. The summed E-state index contributed by atoms with van der Waals surface area (Å²) in [4.78, 5) is 22.5. The molecule has 1 rings (SSSR count). The molecule has 20 heavy (non-hydrogen) atoms. The van der Waals surface area contributed by atoms with Crippen LogP contribution in [0.25, 0.3) is 0 Å². The number of aryl methyl sites for hydroxylation is 1. The molecule has 1 amide bonds. The minimum Gasteiger partial charge on any atom is -0.493 e. The third-order valence-electron chi connectivity index (χ3n) is 2.66. The number of hydrogen-bond donors (Lipinski definition) is 1. The van der Waals surface area contributed by atoms with Crippen LogP contribution in [0.1, 0.15) is 25.8 Å². The minimum absolute atomic E-state index is 0.0993. The van der Waals surface area contributed by atoms with Crippen LogP contribution in [0.15, 0.2) is 24.3 Å². The van der Waals surface area contributed by atoms with Crippen molar-refractivity contribution in [2.24, 2.45) is 0 Å². The number of nitrogens with one attached hydrogen (secondary N) is 1. The van der Waals surface area contributed by atoms with Crippen molar-refractivity contribution < 1.29 is 19.1 Å². The topological polar surface area (TPSA) is 64.6 Å². The molecule has 5 nitrogen and oxygen atoms in total.